The number of hydrogen-bond donors (Lipinski definition) is 1. The Labute approximate surface area is 174 Å². The van der Waals surface area contributed by atoms with Crippen LogP contribution < -0.4 is 15.0 Å². The lowest BCUT2D eigenvalue weighted by molar-refractivity contribution is 0.201. The molecular formula is C22H25N5O3. The molecule has 0 radical (unpaired) electrons. The quantitative estimate of drug-likeness (QED) is 0.671. The van der Waals surface area contributed by atoms with Gasteiger partial charge in [0.25, 0.3) is 5.56 Å². The zero-order valence-electron chi connectivity index (χ0n) is 17.2. The van der Waals surface area contributed by atoms with E-state index in [1.54, 1.807) is 38.9 Å². The first-order valence-corrected chi connectivity index (χ1v) is 9.97. The highest BCUT2D eigenvalue weighted by Gasteiger charge is 2.23. The molecular weight excluding hydrogens is 382 g/mol. The topological polar surface area (TPSA) is 93.2 Å². The maximum absolute atomic E-state index is 12.2. The number of aromatic amines is 1. The number of benzene rings is 1. The van der Waals surface area contributed by atoms with Gasteiger partial charge in [-0.05, 0) is 44.1 Å². The highest BCUT2D eigenvalue weighted by atomic mass is 16.5. The molecule has 0 atom stereocenters. The molecule has 4 rings (SSSR count). The fourth-order valence-electron chi connectivity index (χ4n) is 3.86. The lowest BCUT2D eigenvalue weighted by Crippen LogP contribution is -2.33. The lowest BCUT2D eigenvalue weighted by Gasteiger charge is -2.32. The Hall–Kier alpha value is -3.26. The molecule has 0 bridgehead atoms. The first kappa shape index (κ1) is 20.0. The average Bonchev–Trinajstić information content (AvgIpc) is 2.79. The molecule has 0 spiro atoms. The van der Waals surface area contributed by atoms with E-state index in [1.807, 2.05) is 18.2 Å². The Morgan fingerprint density at radius 1 is 1.13 bits per heavy atom. The number of methoxy groups -OCH3 is 2. The Morgan fingerprint density at radius 2 is 1.97 bits per heavy atom. The second-order valence-electron chi connectivity index (χ2n) is 7.34. The molecule has 8 heteroatoms. The molecule has 1 N–H and O–H groups in total. The van der Waals surface area contributed by atoms with Crippen LogP contribution in [-0.2, 0) is 6.54 Å². The summed E-state index contributed by atoms with van der Waals surface area (Å²) >= 11 is 0. The Kier molecular flexibility index (Phi) is 6.04. The summed E-state index contributed by atoms with van der Waals surface area (Å²) in [6, 6.07) is 7.47. The number of aromatic nitrogens is 4. The largest absolute Gasteiger partial charge is 0.497 e. The van der Waals surface area contributed by atoms with Crippen LogP contribution in [0.25, 0.3) is 11.5 Å². The van der Waals surface area contributed by atoms with Crippen LogP contribution in [0, 0.1) is 0 Å². The second-order valence-corrected chi connectivity index (χ2v) is 7.34. The van der Waals surface area contributed by atoms with Crippen molar-refractivity contribution in [2.45, 2.75) is 25.3 Å². The predicted molar refractivity (Wildman–Crippen MR) is 113 cm³/mol. The zero-order chi connectivity index (χ0) is 20.9. The SMILES string of the molecule is COc1ccc(OC)c(CN2CCC(c3cc(=O)[nH]c(-c4cnccn4)n3)CC2)c1. The lowest BCUT2D eigenvalue weighted by atomic mass is 9.93. The summed E-state index contributed by atoms with van der Waals surface area (Å²) in [5, 5.41) is 0. The van der Waals surface area contributed by atoms with Crippen LogP contribution in [0.4, 0.5) is 0 Å². The molecule has 1 saturated heterocycles. The van der Waals surface area contributed by atoms with Crippen LogP contribution in [-0.4, -0.2) is 52.1 Å². The molecule has 3 aromatic rings. The predicted octanol–water partition coefficient (Wildman–Crippen LogP) is 2.62. The summed E-state index contributed by atoms with van der Waals surface area (Å²) in [6.45, 7) is 2.63. The van der Waals surface area contributed by atoms with E-state index in [2.05, 4.69) is 24.8 Å². The number of hydrogen-bond acceptors (Lipinski definition) is 7. The summed E-state index contributed by atoms with van der Waals surface area (Å²) in [5.74, 6) is 2.40. The van der Waals surface area contributed by atoms with E-state index >= 15 is 0 Å². The number of ether oxygens (including phenoxy) is 2. The summed E-state index contributed by atoms with van der Waals surface area (Å²) in [4.78, 5) is 30.3. The van der Waals surface area contributed by atoms with Gasteiger partial charge in [-0.25, -0.2) is 9.97 Å². The van der Waals surface area contributed by atoms with Gasteiger partial charge in [0.2, 0.25) is 0 Å². The summed E-state index contributed by atoms with van der Waals surface area (Å²) in [5.41, 5.74) is 2.33. The molecule has 0 amide bonds. The van der Waals surface area contributed by atoms with Crippen LogP contribution in [0.3, 0.4) is 0 Å². The van der Waals surface area contributed by atoms with Crippen molar-refractivity contribution in [1.82, 2.24) is 24.8 Å². The van der Waals surface area contributed by atoms with Crippen LogP contribution in [0.15, 0.2) is 47.7 Å². The Balaban J connectivity index is 1.45. The molecule has 0 saturated carbocycles. The van der Waals surface area contributed by atoms with Gasteiger partial charge in [0.1, 0.15) is 17.2 Å². The highest BCUT2D eigenvalue weighted by molar-refractivity contribution is 5.46. The van der Waals surface area contributed by atoms with E-state index in [4.69, 9.17) is 9.47 Å². The van der Waals surface area contributed by atoms with Crippen molar-refractivity contribution in [3.63, 3.8) is 0 Å². The molecule has 156 valence electrons. The first-order chi connectivity index (χ1) is 14.7. The van der Waals surface area contributed by atoms with Crippen molar-refractivity contribution in [2.24, 2.45) is 0 Å². The normalized spacial score (nSPS) is 15.1. The monoisotopic (exact) mass is 407 g/mol. The minimum atomic E-state index is -0.163. The third kappa shape index (κ3) is 4.49. The van der Waals surface area contributed by atoms with Crippen molar-refractivity contribution < 1.29 is 9.47 Å². The first-order valence-electron chi connectivity index (χ1n) is 9.97. The maximum atomic E-state index is 12.2. The van der Waals surface area contributed by atoms with E-state index in [9.17, 15) is 4.79 Å². The fourth-order valence-corrected chi connectivity index (χ4v) is 3.86. The molecule has 3 heterocycles. The minimum absolute atomic E-state index is 0.163. The van der Waals surface area contributed by atoms with Crippen LogP contribution in [0.2, 0.25) is 0 Å². The van der Waals surface area contributed by atoms with Gasteiger partial charge >= 0.3 is 0 Å². The molecule has 1 aromatic carbocycles. The molecule has 1 aliphatic heterocycles. The molecule has 8 nitrogen and oxygen atoms in total. The van der Waals surface area contributed by atoms with Crippen molar-refractivity contribution in [1.29, 1.82) is 0 Å². The summed E-state index contributed by atoms with van der Waals surface area (Å²) in [7, 11) is 3.35. The van der Waals surface area contributed by atoms with Gasteiger partial charge in [-0.1, -0.05) is 0 Å². The third-order valence-electron chi connectivity index (χ3n) is 5.45. The third-order valence-corrected chi connectivity index (χ3v) is 5.45. The smallest absolute Gasteiger partial charge is 0.251 e. The van der Waals surface area contributed by atoms with Crippen LogP contribution >= 0.6 is 0 Å². The number of nitrogens with one attached hydrogen (secondary N) is 1. The number of rotatable bonds is 6. The van der Waals surface area contributed by atoms with Gasteiger partial charge in [0, 0.05) is 36.5 Å². The molecule has 1 fully saturated rings. The molecule has 2 aromatic heterocycles. The van der Waals surface area contributed by atoms with Gasteiger partial charge in [-0.3, -0.25) is 14.7 Å². The Morgan fingerprint density at radius 3 is 2.67 bits per heavy atom. The second kappa shape index (κ2) is 9.04. The summed E-state index contributed by atoms with van der Waals surface area (Å²) < 4.78 is 10.9. The van der Waals surface area contributed by atoms with Gasteiger partial charge < -0.3 is 14.5 Å². The van der Waals surface area contributed by atoms with E-state index in [0.717, 1.165) is 55.2 Å². The maximum Gasteiger partial charge on any atom is 0.251 e. The standard InChI is InChI=1S/C22H25N5O3/c1-29-17-3-4-20(30-2)16(11-17)14-27-9-5-15(6-10-27)18-12-21(28)26-22(25-18)19-13-23-7-8-24-19/h3-4,7-8,11-13,15H,5-6,9-10,14H2,1-2H3,(H,25,26,28). The highest BCUT2D eigenvalue weighted by Crippen LogP contribution is 2.30. The van der Waals surface area contributed by atoms with E-state index in [-0.39, 0.29) is 11.5 Å². The molecule has 0 unspecified atom stereocenters. The van der Waals surface area contributed by atoms with Gasteiger partial charge in [-0.2, -0.15) is 0 Å². The number of piperidine rings is 1. The zero-order valence-corrected chi connectivity index (χ0v) is 17.2. The van der Waals surface area contributed by atoms with Crippen LogP contribution in [0.1, 0.15) is 30.0 Å². The van der Waals surface area contributed by atoms with Crippen molar-refractivity contribution in [3.05, 3.63) is 64.5 Å². The van der Waals surface area contributed by atoms with E-state index < -0.39 is 0 Å². The van der Waals surface area contributed by atoms with Crippen molar-refractivity contribution >= 4 is 0 Å². The minimum Gasteiger partial charge on any atom is -0.497 e. The van der Waals surface area contributed by atoms with Crippen molar-refractivity contribution in [2.75, 3.05) is 27.3 Å². The van der Waals surface area contributed by atoms with E-state index in [0.29, 0.717) is 11.5 Å². The van der Waals surface area contributed by atoms with Crippen LogP contribution in [0.5, 0.6) is 11.5 Å². The average molecular weight is 407 g/mol. The molecule has 30 heavy (non-hydrogen) atoms. The number of likely N-dealkylation sites (tertiary alicyclic amines) is 1. The molecule has 0 aliphatic carbocycles. The fraction of sp³-hybridized carbons (Fsp3) is 0.364. The number of nitrogens with zero attached hydrogens (tertiary/aromatic N) is 4. The Bertz CT molecular complexity index is 1050. The van der Waals surface area contributed by atoms with Crippen molar-refractivity contribution in [3.8, 4) is 23.0 Å². The number of H-pyrrole nitrogens is 1. The molecule has 1 aliphatic rings. The summed E-state index contributed by atoms with van der Waals surface area (Å²) in [6.07, 6.45) is 6.66. The van der Waals surface area contributed by atoms with E-state index in [1.165, 1.54) is 0 Å². The van der Waals surface area contributed by atoms with Gasteiger partial charge in [0.15, 0.2) is 5.82 Å². The van der Waals surface area contributed by atoms with Gasteiger partial charge in [0.05, 0.1) is 26.1 Å². The van der Waals surface area contributed by atoms with Gasteiger partial charge in [-0.15, -0.1) is 0 Å².